The normalized spacial score (nSPS) is 11.4. The molecule has 0 unspecified atom stereocenters. The Balaban J connectivity index is 1.33. The molecule has 0 N–H and O–H groups in total. The van der Waals surface area contributed by atoms with Gasteiger partial charge < -0.3 is 4.42 Å². The van der Waals surface area contributed by atoms with E-state index in [1.54, 1.807) is 0 Å². The van der Waals surface area contributed by atoms with Crippen LogP contribution in [0.5, 0.6) is 0 Å². The maximum atomic E-state index is 6.73. The Morgan fingerprint density at radius 2 is 0.936 bits per heavy atom. The largest absolute Gasteiger partial charge is 0.455 e. The van der Waals surface area contributed by atoms with Crippen LogP contribution in [0, 0.1) is 0 Å². The zero-order valence-electron chi connectivity index (χ0n) is 25.2. The van der Waals surface area contributed by atoms with Crippen molar-refractivity contribution in [2.75, 3.05) is 0 Å². The van der Waals surface area contributed by atoms with E-state index >= 15 is 0 Å². The van der Waals surface area contributed by atoms with Gasteiger partial charge in [0.05, 0.1) is 11.1 Å². The first-order valence-electron chi connectivity index (χ1n) is 15.6. The number of fused-ring (bicyclic) bond motifs is 4. The lowest BCUT2D eigenvalue weighted by Crippen LogP contribution is -2.01. The highest BCUT2D eigenvalue weighted by Gasteiger charge is 2.22. The molecule has 47 heavy (non-hydrogen) atoms. The van der Waals surface area contributed by atoms with Gasteiger partial charge in [0.2, 0.25) is 0 Å². The Labute approximate surface area is 270 Å². The summed E-state index contributed by atoms with van der Waals surface area (Å²) in [5.74, 6) is 1.80. The van der Waals surface area contributed by atoms with Crippen LogP contribution in [-0.2, 0) is 0 Å². The van der Waals surface area contributed by atoms with E-state index in [4.69, 9.17) is 24.4 Å². The van der Waals surface area contributed by atoms with Crippen molar-refractivity contribution in [2.45, 2.75) is 0 Å². The fraction of sp³-hybridized carbons (Fsp3) is 0. The molecule has 6 aromatic carbocycles. The van der Waals surface area contributed by atoms with Crippen LogP contribution in [0.15, 0.2) is 162 Å². The number of furan rings is 1. The van der Waals surface area contributed by atoms with Crippen molar-refractivity contribution in [3.8, 4) is 56.5 Å². The van der Waals surface area contributed by atoms with Gasteiger partial charge in [0, 0.05) is 39.4 Å². The Kier molecular flexibility index (Phi) is 6.39. The van der Waals surface area contributed by atoms with Crippen LogP contribution in [0.1, 0.15) is 0 Å². The lowest BCUT2D eigenvalue weighted by atomic mass is 9.96. The summed E-state index contributed by atoms with van der Waals surface area (Å²) in [6.07, 6.45) is 1.92. The zero-order chi connectivity index (χ0) is 31.2. The minimum atomic E-state index is 0.577. The van der Waals surface area contributed by atoms with Gasteiger partial charge >= 0.3 is 0 Å². The molecule has 220 valence electrons. The van der Waals surface area contributed by atoms with E-state index in [-0.39, 0.29) is 0 Å². The second kappa shape index (κ2) is 11.2. The predicted molar refractivity (Wildman–Crippen MR) is 190 cm³/mol. The summed E-state index contributed by atoms with van der Waals surface area (Å²) in [7, 11) is 0. The third kappa shape index (κ3) is 4.73. The predicted octanol–water partition coefficient (Wildman–Crippen LogP) is 10.7. The van der Waals surface area contributed by atoms with Crippen molar-refractivity contribution in [2.24, 2.45) is 0 Å². The van der Waals surface area contributed by atoms with Crippen molar-refractivity contribution in [1.82, 2.24) is 19.9 Å². The van der Waals surface area contributed by atoms with Gasteiger partial charge in [-0.3, -0.25) is 4.98 Å². The minimum Gasteiger partial charge on any atom is -0.455 e. The summed E-state index contributed by atoms with van der Waals surface area (Å²) in [6, 6.07) is 51.3. The number of nitrogens with zero attached hydrogens (tertiary/aromatic N) is 4. The summed E-state index contributed by atoms with van der Waals surface area (Å²) in [5, 5.41) is 4.24. The Bertz CT molecular complexity index is 2500. The van der Waals surface area contributed by atoms with Gasteiger partial charge in [-0.1, -0.05) is 140 Å². The average molecular weight is 603 g/mol. The third-order valence-corrected chi connectivity index (χ3v) is 8.57. The van der Waals surface area contributed by atoms with Gasteiger partial charge in [0.25, 0.3) is 0 Å². The molecule has 0 aliphatic carbocycles. The van der Waals surface area contributed by atoms with Crippen LogP contribution >= 0.6 is 0 Å². The first kappa shape index (κ1) is 26.9. The number of hydrogen-bond acceptors (Lipinski definition) is 5. The molecule has 0 atom stereocenters. The lowest BCUT2D eigenvalue weighted by molar-refractivity contribution is 0.670. The molecular weight excluding hydrogens is 576 g/mol. The van der Waals surface area contributed by atoms with Crippen LogP contribution < -0.4 is 0 Å². The number of hydrogen-bond donors (Lipinski definition) is 0. The third-order valence-electron chi connectivity index (χ3n) is 8.57. The topological polar surface area (TPSA) is 64.7 Å². The summed E-state index contributed by atoms with van der Waals surface area (Å²) in [5.41, 5.74) is 8.04. The molecule has 0 aliphatic rings. The Hall–Kier alpha value is -6.46. The zero-order valence-corrected chi connectivity index (χ0v) is 25.2. The van der Waals surface area contributed by atoms with E-state index in [0.717, 1.165) is 71.8 Å². The SMILES string of the molecule is c1ccc(-c2nc(-c3ccccc3)nc(-c3ccccc3-c3ncc(-c4ccccc4)c4oc5cc6ccccc6cc5c34)n2)cc1. The first-order valence-corrected chi connectivity index (χ1v) is 15.6. The van der Waals surface area contributed by atoms with Crippen molar-refractivity contribution in [1.29, 1.82) is 0 Å². The van der Waals surface area contributed by atoms with Crippen LogP contribution in [0.4, 0.5) is 0 Å². The highest BCUT2D eigenvalue weighted by atomic mass is 16.3. The second-order valence-electron chi connectivity index (χ2n) is 11.5. The monoisotopic (exact) mass is 602 g/mol. The molecular formula is C42H26N4O. The average Bonchev–Trinajstić information content (AvgIpc) is 3.53. The van der Waals surface area contributed by atoms with Crippen LogP contribution in [0.2, 0.25) is 0 Å². The fourth-order valence-electron chi connectivity index (χ4n) is 6.30. The summed E-state index contributed by atoms with van der Waals surface area (Å²) in [4.78, 5) is 20.2. The summed E-state index contributed by atoms with van der Waals surface area (Å²) >= 11 is 0. The molecule has 0 spiro atoms. The number of aromatic nitrogens is 4. The van der Waals surface area contributed by atoms with Gasteiger partial charge in [-0.05, 0) is 28.5 Å². The molecule has 9 aromatic rings. The highest BCUT2D eigenvalue weighted by Crippen LogP contribution is 2.43. The molecule has 0 radical (unpaired) electrons. The summed E-state index contributed by atoms with van der Waals surface area (Å²) in [6.45, 7) is 0. The Morgan fingerprint density at radius 3 is 1.57 bits per heavy atom. The smallest absolute Gasteiger partial charge is 0.164 e. The number of benzene rings is 6. The molecule has 0 bridgehead atoms. The minimum absolute atomic E-state index is 0.577. The van der Waals surface area contributed by atoms with E-state index in [1.165, 1.54) is 0 Å². The van der Waals surface area contributed by atoms with E-state index in [1.807, 2.05) is 97.2 Å². The second-order valence-corrected chi connectivity index (χ2v) is 11.5. The van der Waals surface area contributed by atoms with Gasteiger partial charge in [-0.15, -0.1) is 0 Å². The van der Waals surface area contributed by atoms with Gasteiger partial charge in [-0.25, -0.2) is 15.0 Å². The maximum Gasteiger partial charge on any atom is 0.164 e. The van der Waals surface area contributed by atoms with E-state index < -0.39 is 0 Å². The molecule has 9 rings (SSSR count). The molecule has 0 aliphatic heterocycles. The molecule has 5 nitrogen and oxygen atoms in total. The van der Waals surface area contributed by atoms with Crippen molar-refractivity contribution in [3.63, 3.8) is 0 Å². The number of rotatable bonds is 5. The standard InChI is InChI=1S/C42H26N4O/c1-4-14-27(15-5-1)35-26-43-38(37-34-24-30-20-10-11-21-31(30)25-36(34)47-39(35)37)32-22-12-13-23-33(32)42-45-40(28-16-6-2-7-17-28)44-41(46-42)29-18-8-3-9-19-29/h1-26H. The van der Waals surface area contributed by atoms with Crippen LogP contribution in [-0.4, -0.2) is 19.9 Å². The van der Waals surface area contributed by atoms with Gasteiger partial charge in [0.15, 0.2) is 17.5 Å². The number of pyridine rings is 1. The molecule has 5 heteroatoms. The highest BCUT2D eigenvalue weighted by molar-refractivity contribution is 6.18. The maximum absolute atomic E-state index is 6.73. The Morgan fingerprint density at radius 1 is 0.426 bits per heavy atom. The first-order chi connectivity index (χ1) is 23.3. The summed E-state index contributed by atoms with van der Waals surface area (Å²) < 4.78 is 6.73. The van der Waals surface area contributed by atoms with Crippen molar-refractivity contribution < 1.29 is 4.42 Å². The molecule has 3 heterocycles. The molecule has 0 saturated heterocycles. The van der Waals surface area contributed by atoms with Crippen LogP contribution in [0.3, 0.4) is 0 Å². The quantitative estimate of drug-likeness (QED) is 0.196. The lowest BCUT2D eigenvalue weighted by Gasteiger charge is -2.13. The van der Waals surface area contributed by atoms with E-state index in [2.05, 4.69) is 60.7 Å². The van der Waals surface area contributed by atoms with Crippen LogP contribution in [0.25, 0.3) is 89.3 Å². The van der Waals surface area contributed by atoms with Crippen molar-refractivity contribution >= 4 is 32.7 Å². The fourth-order valence-corrected chi connectivity index (χ4v) is 6.30. The molecule has 3 aromatic heterocycles. The molecule has 0 amide bonds. The molecule has 0 fully saturated rings. The van der Waals surface area contributed by atoms with Gasteiger partial charge in [0.1, 0.15) is 11.2 Å². The van der Waals surface area contributed by atoms with E-state index in [9.17, 15) is 0 Å². The van der Waals surface area contributed by atoms with Crippen molar-refractivity contribution in [3.05, 3.63) is 158 Å². The van der Waals surface area contributed by atoms with E-state index in [0.29, 0.717) is 17.5 Å². The van der Waals surface area contributed by atoms with Gasteiger partial charge in [-0.2, -0.15) is 0 Å². The molecule has 0 saturated carbocycles.